The first-order valence-electron chi connectivity index (χ1n) is 10.1. The number of amides is 1. The van der Waals surface area contributed by atoms with E-state index in [1.165, 1.54) is 51.1 Å². The normalized spacial score (nSPS) is 18.2. The summed E-state index contributed by atoms with van der Waals surface area (Å²) < 4.78 is 5.12. The molecule has 1 rings (SSSR count). The van der Waals surface area contributed by atoms with Gasteiger partial charge in [0.2, 0.25) is 0 Å². The number of rotatable bonds is 8. The highest BCUT2D eigenvalue weighted by Gasteiger charge is 2.15. The summed E-state index contributed by atoms with van der Waals surface area (Å²) in [5, 5.41) is 23.8. The van der Waals surface area contributed by atoms with Crippen LogP contribution in [0.5, 0.6) is 0 Å². The van der Waals surface area contributed by atoms with Gasteiger partial charge in [0, 0.05) is 18.8 Å². The van der Waals surface area contributed by atoms with Crippen molar-refractivity contribution in [3.05, 3.63) is 11.8 Å². The maximum Gasteiger partial charge on any atom is 0.263 e. The quantitative estimate of drug-likeness (QED) is 0.349. The fourth-order valence-corrected chi connectivity index (χ4v) is 3.19. The van der Waals surface area contributed by atoms with Gasteiger partial charge in [-0.15, -0.1) is 0 Å². The molecule has 0 bridgehead atoms. The van der Waals surface area contributed by atoms with Crippen LogP contribution in [0.15, 0.2) is 11.8 Å². The van der Waals surface area contributed by atoms with Crippen molar-refractivity contribution < 1.29 is 14.6 Å². The molecule has 1 saturated carbocycles. The van der Waals surface area contributed by atoms with Crippen molar-refractivity contribution in [1.82, 2.24) is 10.6 Å². The Morgan fingerprint density at radius 2 is 1.62 bits per heavy atom. The maximum absolute atomic E-state index is 12.4. The summed E-state index contributed by atoms with van der Waals surface area (Å²) in [4.78, 5) is 12.4. The van der Waals surface area contributed by atoms with Crippen molar-refractivity contribution in [3.8, 4) is 6.07 Å². The first-order chi connectivity index (χ1) is 12.8. The number of hydrogen-bond acceptors (Lipinski definition) is 5. The van der Waals surface area contributed by atoms with Crippen molar-refractivity contribution in [2.75, 3.05) is 26.4 Å². The standard InChI is InChI=1S/C20H35N3O3/c21-16-18(17-22-12-14-26-15-13-24)20(25)23-19-10-8-6-4-2-1-3-5-7-9-11-19/h17,19,22,24H,1-15H2,(H,23,25)/b18-17-. The fraction of sp³-hybridized carbons (Fsp3) is 0.800. The molecule has 26 heavy (non-hydrogen) atoms. The molecule has 3 N–H and O–H groups in total. The van der Waals surface area contributed by atoms with Gasteiger partial charge in [-0.1, -0.05) is 57.8 Å². The summed E-state index contributed by atoms with van der Waals surface area (Å²) in [6.45, 7) is 1.18. The van der Waals surface area contributed by atoms with E-state index in [2.05, 4.69) is 10.6 Å². The first-order valence-corrected chi connectivity index (χ1v) is 10.1. The third-order valence-electron chi connectivity index (χ3n) is 4.68. The molecule has 1 amide bonds. The van der Waals surface area contributed by atoms with E-state index in [-0.39, 0.29) is 24.1 Å². The minimum absolute atomic E-state index is 0.0108. The second-order valence-electron chi connectivity index (χ2n) is 6.89. The summed E-state index contributed by atoms with van der Waals surface area (Å²) in [5.41, 5.74) is 0.0956. The van der Waals surface area contributed by atoms with Crippen LogP contribution in [-0.4, -0.2) is 43.4 Å². The number of hydrogen-bond donors (Lipinski definition) is 3. The van der Waals surface area contributed by atoms with Gasteiger partial charge >= 0.3 is 0 Å². The molecule has 0 aliphatic heterocycles. The Balaban J connectivity index is 2.41. The summed E-state index contributed by atoms with van der Waals surface area (Å²) in [7, 11) is 0. The summed E-state index contributed by atoms with van der Waals surface area (Å²) in [6.07, 6.45) is 14.7. The average molecular weight is 366 g/mol. The Hall–Kier alpha value is -1.58. The van der Waals surface area contributed by atoms with E-state index in [9.17, 15) is 10.1 Å². The van der Waals surface area contributed by atoms with Crippen molar-refractivity contribution in [2.45, 2.75) is 76.7 Å². The van der Waals surface area contributed by atoms with Gasteiger partial charge in [0.1, 0.15) is 11.6 Å². The molecule has 0 heterocycles. The highest BCUT2D eigenvalue weighted by atomic mass is 16.5. The zero-order valence-corrected chi connectivity index (χ0v) is 16.0. The highest BCUT2D eigenvalue weighted by molar-refractivity contribution is 5.97. The Kier molecular flexibility index (Phi) is 13.5. The molecule has 6 heteroatoms. The lowest BCUT2D eigenvalue weighted by Crippen LogP contribution is -2.36. The van der Waals surface area contributed by atoms with E-state index >= 15 is 0 Å². The molecule has 1 aliphatic carbocycles. The van der Waals surface area contributed by atoms with Gasteiger partial charge in [-0.2, -0.15) is 5.26 Å². The van der Waals surface area contributed by atoms with Gasteiger partial charge in [0.05, 0.1) is 19.8 Å². The molecule has 6 nitrogen and oxygen atoms in total. The number of aliphatic hydroxyl groups is 1. The van der Waals surface area contributed by atoms with Crippen LogP contribution in [-0.2, 0) is 9.53 Å². The maximum atomic E-state index is 12.4. The van der Waals surface area contributed by atoms with E-state index in [0.29, 0.717) is 19.8 Å². The molecule has 1 aliphatic rings. The van der Waals surface area contributed by atoms with Crippen LogP contribution >= 0.6 is 0 Å². The molecule has 0 unspecified atom stereocenters. The Labute approximate surface area is 158 Å². The second kappa shape index (κ2) is 15.7. The number of nitriles is 1. The number of carbonyl (C=O) groups excluding carboxylic acids is 1. The summed E-state index contributed by atoms with van der Waals surface area (Å²) in [5.74, 6) is -0.298. The van der Waals surface area contributed by atoms with E-state index in [1.807, 2.05) is 6.07 Å². The van der Waals surface area contributed by atoms with E-state index < -0.39 is 0 Å². The van der Waals surface area contributed by atoms with Crippen LogP contribution in [0.25, 0.3) is 0 Å². The number of nitrogens with one attached hydrogen (secondary N) is 2. The van der Waals surface area contributed by atoms with Crippen LogP contribution in [0, 0.1) is 11.3 Å². The molecule has 0 saturated heterocycles. The number of ether oxygens (including phenoxy) is 1. The minimum atomic E-state index is -0.298. The molecule has 0 aromatic carbocycles. The zero-order valence-electron chi connectivity index (χ0n) is 16.0. The fourth-order valence-electron chi connectivity index (χ4n) is 3.19. The van der Waals surface area contributed by atoms with Gasteiger partial charge in [0.25, 0.3) is 5.91 Å². The monoisotopic (exact) mass is 365 g/mol. The summed E-state index contributed by atoms with van der Waals surface area (Å²) >= 11 is 0. The Morgan fingerprint density at radius 3 is 2.15 bits per heavy atom. The van der Waals surface area contributed by atoms with Gasteiger partial charge in [-0.25, -0.2) is 0 Å². The smallest absolute Gasteiger partial charge is 0.263 e. The molecule has 1 fully saturated rings. The SMILES string of the molecule is N#C/C(=C/NCCOCCO)C(=O)NC1CCCCCCCCCCC1. The molecule has 0 aromatic rings. The van der Waals surface area contributed by atoms with Gasteiger partial charge < -0.3 is 20.5 Å². The van der Waals surface area contributed by atoms with E-state index in [4.69, 9.17) is 9.84 Å². The lowest BCUT2D eigenvalue weighted by molar-refractivity contribution is -0.117. The van der Waals surface area contributed by atoms with Crippen LogP contribution in [0.3, 0.4) is 0 Å². The number of aliphatic hydroxyl groups excluding tert-OH is 1. The Bertz CT molecular complexity index is 434. The number of carbonyl (C=O) groups is 1. The van der Waals surface area contributed by atoms with E-state index in [1.54, 1.807) is 0 Å². The average Bonchev–Trinajstić information content (AvgIpc) is 2.63. The van der Waals surface area contributed by atoms with Crippen molar-refractivity contribution >= 4 is 5.91 Å². The van der Waals surface area contributed by atoms with E-state index in [0.717, 1.165) is 25.7 Å². The second-order valence-corrected chi connectivity index (χ2v) is 6.89. The third-order valence-corrected chi connectivity index (χ3v) is 4.68. The topological polar surface area (TPSA) is 94.4 Å². The molecule has 0 atom stereocenters. The summed E-state index contributed by atoms with van der Waals surface area (Å²) in [6, 6.07) is 2.13. The molecule has 0 aromatic heterocycles. The Morgan fingerprint density at radius 1 is 1.04 bits per heavy atom. The number of nitrogens with zero attached hydrogens (tertiary/aromatic N) is 1. The molecular formula is C20H35N3O3. The molecular weight excluding hydrogens is 330 g/mol. The van der Waals surface area contributed by atoms with Crippen LogP contribution in [0.1, 0.15) is 70.6 Å². The van der Waals surface area contributed by atoms with Crippen molar-refractivity contribution in [2.24, 2.45) is 0 Å². The van der Waals surface area contributed by atoms with Crippen LogP contribution in [0.4, 0.5) is 0 Å². The largest absolute Gasteiger partial charge is 0.394 e. The van der Waals surface area contributed by atoms with Gasteiger partial charge in [-0.3, -0.25) is 4.79 Å². The van der Waals surface area contributed by atoms with Crippen molar-refractivity contribution in [1.29, 1.82) is 5.26 Å². The van der Waals surface area contributed by atoms with Crippen LogP contribution < -0.4 is 10.6 Å². The minimum Gasteiger partial charge on any atom is -0.394 e. The first kappa shape index (κ1) is 22.5. The molecule has 0 spiro atoms. The third kappa shape index (κ3) is 11.1. The van der Waals surface area contributed by atoms with Gasteiger partial charge in [0.15, 0.2) is 0 Å². The molecule has 148 valence electrons. The predicted molar refractivity (Wildman–Crippen MR) is 102 cm³/mol. The zero-order chi connectivity index (χ0) is 18.9. The van der Waals surface area contributed by atoms with Crippen LogP contribution in [0.2, 0.25) is 0 Å². The molecule has 0 radical (unpaired) electrons. The lowest BCUT2D eigenvalue weighted by Gasteiger charge is -2.19. The predicted octanol–water partition coefficient (Wildman–Crippen LogP) is 2.78. The van der Waals surface area contributed by atoms with Crippen molar-refractivity contribution in [3.63, 3.8) is 0 Å². The van der Waals surface area contributed by atoms with Gasteiger partial charge in [-0.05, 0) is 12.8 Å². The lowest BCUT2D eigenvalue weighted by atomic mass is 9.98. The highest BCUT2D eigenvalue weighted by Crippen LogP contribution is 2.17.